The minimum atomic E-state index is -1.07. The summed E-state index contributed by atoms with van der Waals surface area (Å²) in [5.41, 5.74) is 3.23. The van der Waals surface area contributed by atoms with E-state index < -0.39 is 6.09 Å². The molecule has 88 valence electrons. The van der Waals surface area contributed by atoms with Gasteiger partial charge >= 0.3 is 6.09 Å². The minimum Gasteiger partial charge on any atom is -0.495 e. The highest BCUT2D eigenvalue weighted by molar-refractivity contribution is 9.10. The van der Waals surface area contributed by atoms with E-state index in [1.165, 1.54) is 0 Å². The summed E-state index contributed by atoms with van der Waals surface area (Å²) in [6.45, 7) is 5.60. The van der Waals surface area contributed by atoms with Crippen LogP contribution in [0.5, 0.6) is 5.75 Å². The lowest BCUT2D eigenvalue weighted by atomic mass is 10.0. The molecule has 0 aliphatic heterocycles. The second-order valence-corrected chi connectivity index (χ2v) is 4.32. The highest BCUT2D eigenvalue weighted by Crippen LogP contribution is 2.39. The molecule has 0 fully saturated rings. The molecule has 1 aromatic carbocycles. The summed E-state index contributed by atoms with van der Waals surface area (Å²) in [4.78, 5) is 10.7. The number of nitrogens with one attached hydrogen (secondary N) is 1. The Bertz CT molecular complexity index is 414. The number of carboxylic acid groups (broad SMARTS) is 1. The van der Waals surface area contributed by atoms with Gasteiger partial charge in [-0.15, -0.1) is 0 Å². The lowest BCUT2D eigenvalue weighted by Gasteiger charge is -2.17. The monoisotopic (exact) mass is 287 g/mol. The number of rotatable bonds is 2. The molecule has 0 saturated heterocycles. The Balaban J connectivity index is 3.47. The molecule has 2 N–H and O–H groups in total. The molecule has 4 nitrogen and oxygen atoms in total. The van der Waals surface area contributed by atoms with Crippen LogP contribution in [-0.2, 0) is 0 Å². The average molecular weight is 288 g/mol. The maximum Gasteiger partial charge on any atom is 0.409 e. The lowest BCUT2D eigenvalue weighted by Crippen LogP contribution is -2.11. The predicted molar refractivity (Wildman–Crippen MR) is 66.6 cm³/mol. The fourth-order valence-corrected chi connectivity index (χ4v) is 2.28. The number of methoxy groups -OCH3 is 1. The zero-order chi connectivity index (χ0) is 12.5. The van der Waals surface area contributed by atoms with Crippen LogP contribution >= 0.6 is 15.9 Å². The fourth-order valence-electron chi connectivity index (χ4n) is 1.62. The summed E-state index contributed by atoms with van der Waals surface area (Å²) in [5.74, 6) is 0.742. The van der Waals surface area contributed by atoms with Crippen LogP contribution in [0.25, 0.3) is 0 Å². The molecule has 1 amide bonds. The van der Waals surface area contributed by atoms with E-state index in [-0.39, 0.29) is 0 Å². The molecule has 0 aromatic heterocycles. The van der Waals surface area contributed by atoms with Crippen LogP contribution in [0.15, 0.2) is 4.47 Å². The van der Waals surface area contributed by atoms with Gasteiger partial charge in [-0.25, -0.2) is 4.79 Å². The first-order valence-electron chi connectivity index (χ1n) is 4.73. The standard InChI is InChI=1S/C11H14BrNO3/c1-5-6(2)10(16-4)8(12)7(3)9(5)13-11(14)15/h13H,1-4H3,(H,14,15). The van der Waals surface area contributed by atoms with Gasteiger partial charge in [0.2, 0.25) is 0 Å². The molecule has 0 aliphatic rings. The smallest absolute Gasteiger partial charge is 0.409 e. The van der Waals surface area contributed by atoms with Crippen molar-refractivity contribution in [3.63, 3.8) is 0 Å². The topological polar surface area (TPSA) is 58.6 Å². The quantitative estimate of drug-likeness (QED) is 0.876. The highest BCUT2D eigenvalue weighted by Gasteiger charge is 2.17. The van der Waals surface area contributed by atoms with E-state index in [4.69, 9.17) is 9.84 Å². The van der Waals surface area contributed by atoms with Crippen LogP contribution in [-0.4, -0.2) is 18.3 Å². The molecule has 0 spiro atoms. The number of halogens is 1. The molecule has 0 radical (unpaired) electrons. The van der Waals surface area contributed by atoms with E-state index in [0.717, 1.165) is 26.9 Å². The van der Waals surface area contributed by atoms with Gasteiger partial charge in [-0.3, -0.25) is 5.32 Å². The number of anilines is 1. The van der Waals surface area contributed by atoms with Crippen LogP contribution in [0.1, 0.15) is 16.7 Å². The molecule has 0 bridgehead atoms. The lowest BCUT2D eigenvalue weighted by molar-refractivity contribution is 0.209. The largest absolute Gasteiger partial charge is 0.495 e. The van der Waals surface area contributed by atoms with Crippen LogP contribution in [0.3, 0.4) is 0 Å². The van der Waals surface area contributed by atoms with Gasteiger partial charge in [0.25, 0.3) is 0 Å². The average Bonchev–Trinajstić information content (AvgIpc) is 2.22. The SMILES string of the molecule is COc1c(C)c(C)c(NC(=O)O)c(C)c1Br. The van der Waals surface area contributed by atoms with Crippen molar-refractivity contribution in [2.45, 2.75) is 20.8 Å². The minimum absolute atomic E-state index is 0.609. The molecule has 0 aliphatic carbocycles. The van der Waals surface area contributed by atoms with Gasteiger partial charge in [0.15, 0.2) is 0 Å². The summed E-state index contributed by atoms with van der Waals surface area (Å²) in [5, 5.41) is 11.2. The van der Waals surface area contributed by atoms with Crippen molar-refractivity contribution in [2.24, 2.45) is 0 Å². The molecule has 0 saturated carbocycles. The number of carbonyl (C=O) groups is 1. The molecule has 0 atom stereocenters. The van der Waals surface area contributed by atoms with Crippen molar-refractivity contribution in [3.8, 4) is 5.75 Å². The fraction of sp³-hybridized carbons (Fsp3) is 0.364. The molecule has 16 heavy (non-hydrogen) atoms. The van der Waals surface area contributed by atoms with Crippen molar-refractivity contribution >= 4 is 27.7 Å². The van der Waals surface area contributed by atoms with Gasteiger partial charge in [0.05, 0.1) is 17.3 Å². The molecule has 1 aromatic rings. The third-order valence-electron chi connectivity index (χ3n) is 2.62. The maximum absolute atomic E-state index is 10.7. The Morgan fingerprint density at radius 1 is 1.25 bits per heavy atom. The normalized spacial score (nSPS) is 10.1. The van der Waals surface area contributed by atoms with Crippen molar-refractivity contribution in [2.75, 3.05) is 12.4 Å². The number of benzene rings is 1. The molecular formula is C11H14BrNO3. The van der Waals surface area contributed by atoms with Gasteiger partial charge in [0.1, 0.15) is 5.75 Å². The first-order chi connectivity index (χ1) is 7.40. The van der Waals surface area contributed by atoms with Gasteiger partial charge < -0.3 is 9.84 Å². The summed E-state index contributed by atoms with van der Waals surface area (Å²) in [7, 11) is 1.59. The van der Waals surface area contributed by atoms with E-state index in [1.54, 1.807) is 7.11 Å². The van der Waals surface area contributed by atoms with E-state index in [2.05, 4.69) is 21.2 Å². The molecule has 1 rings (SSSR count). The first-order valence-corrected chi connectivity index (χ1v) is 5.52. The second-order valence-electron chi connectivity index (χ2n) is 3.53. The first kappa shape index (κ1) is 12.8. The molecule has 0 heterocycles. The third kappa shape index (κ3) is 2.14. The Hall–Kier alpha value is -1.23. The molecular weight excluding hydrogens is 274 g/mol. The van der Waals surface area contributed by atoms with Gasteiger partial charge in [-0.1, -0.05) is 0 Å². The van der Waals surface area contributed by atoms with E-state index in [1.807, 2.05) is 20.8 Å². The maximum atomic E-state index is 10.7. The van der Waals surface area contributed by atoms with Crippen molar-refractivity contribution < 1.29 is 14.6 Å². The number of hydrogen-bond acceptors (Lipinski definition) is 2. The van der Waals surface area contributed by atoms with Crippen molar-refractivity contribution in [1.29, 1.82) is 0 Å². The van der Waals surface area contributed by atoms with Gasteiger partial charge in [-0.2, -0.15) is 0 Å². The van der Waals surface area contributed by atoms with Crippen LogP contribution in [0.4, 0.5) is 10.5 Å². The van der Waals surface area contributed by atoms with E-state index >= 15 is 0 Å². The molecule has 5 heteroatoms. The van der Waals surface area contributed by atoms with Crippen LogP contribution < -0.4 is 10.1 Å². The Morgan fingerprint density at radius 2 is 1.81 bits per heavy atom. The summed E-state index contributed by atoms with van der Waals surface area (Å²) in [6, 6.07) is 0. The van der Waals surface area contributed by atoms with Crippen LogP contribution in [0.2, 0.25) is 0 Å². The summed E-state index contributed by atoms with van der Waals surface area (Å²) >= 11 is 3.41. The van der Waals surface area contributed by atoms with Crippen molar-refractivity contribution in [1.82, 2.24) is 0 Å². The zero-order valence-electron chi connectivity index (χ0n) is 9.64. The number of ether oxygens (including phenoxy) is 1. The Morgan fingerprint density at radius 3 is 2.25 bits per heavy atom. The van der Waals surface area contributed by atoms with Crippen molar-refractivity contribution in [3.05, 3.63) is 21.2 Å². The second kappa shape index (κ2) is 4.74. The number of amides is 1. The summed E-state index contributed by atoms with van der Waals surface area (Å²) in [6.07, 6.45) is -1.07. The number of hydrogen-bond donors (Lipinski definition) is 2. The molecule has 0 unspecified atom stereocenters. The zero-order valence-corrected chi connectivity index (χ0v) is 11.2. The Labute approximate surface area is 103 Å². The third-order valence-corrected chi connectivity index (χ3v) is 3.57. The van der Waals surface area contributed by atoms with Gasteiger partial charge in [0, 0.05) is 0 Å². The van der Waals surface area contributed by atoms with E-state index in [9.17, 15) is 4.79 Å². The predicted octanol–water partition coefficient (Wildman–Crippen LogP) is 3.47. The van der Waals surface area contributed by atoms with E-state index in [0.29, 0.717) is 5.69 Å². The summed E-state index contributed by atoms with van der Waals surface area (Å²) < 4.78 is 6.05. The van der Waals surface area contributed by atoms with Crippen LogP contribution in [0, 0.1) is 20.8 Å². The highest BCUT2D eigenvalue weighted by atomic mass is 79.9. The van der Waals surface area contributed by atoms with Gasteiger partial charge in [-0.05, 0) is 53.4 Å². The Kier molecular flexibility index (Phi) is 3.80.